The Morgan fingerprint density at radius 3 is 2.43 bits per heavy atom. The summed E-state index contributed by atoms with van der Waals surface area (Å²) in [5, 5.41) is 11.2. The largest absolute Gasteiger partial charge is 0.416 e. The molecule has 3 aromatic carbocycles. The van der Waals surface area contributed by atoms with Crippen molar-refractivity contribution in [1.29, 1.82) is 5.41 Å². The molecular weight excluding hydrogens is 506 g/mol. The maximum atomic E-state index is 13.4. The van der Waals surface area contributed by atoms with Crippen molar-refractivity contribution in [2.24, 2.45) is 5.92 Å². The Labute approximate surface area is 212 Å². The maximum Gasteiger partial charge on any atom is 0.416 e. The molecule has 37 heavy (non-hydrogen) atoms. The van der Waals surface area contributed by atoms with Crippen LogP contribution in [0.2, 0.25) is 0 Å². The zero-order valence-corrected chi connectivity index (χ0v) is 20.9. The number of piperidine rings is 1. The monoisotopic (exact) mass is 531 g/mol. The number of sulfonamides is 1. The van der Waals surface area contributed by atoms with Gasteiger partial charge in [-0.15, -0.1) is 0 Å². The molecule has 3 aromatic rings. The van der Waals surface area contributed by atoms with E-state index < -0.39 is 27.2 Å². The van der Waals surface area contributed by atoms with Crippen molar-refractivity contribution in [2.75, 3.05) is 24.7 Å². The highest BCUT2D eigenvalue weighted by molar-refractivity contribution is 7.88. The van der Waals surface area contributed by atoms with Crippen molar-refractivity contribution in [3.63, 3.8) is 0 Å². The molecule has 0 unspecified atom stereocenters. The van der Waals surface area contributed by atoms with E-state index in [-0.39, 0.29) is 30.7 Å². The van der Waals surface area contributed by atoms with Crippen molar-refractivity contribution in [3.05, 3.63) is 94.3 Å². The lowest BCUT2D eigenvalue weighted by molar-refractivity contribution is -0.137. The molecule has 0 radical (unpaired) electrons. The van der Waals surface area contributed by atoms with Crippen LogP contribution >= 0.6 is 0 Å². The zero-order chi connectivity index (χ0) is 26.8. The summed E-state index contributed by atoms with van der Waals surface area (Å²) in [7, 11) is -3.50. The minimum atomic E-state index is -4.48. The molecule has 2 aliphatic rings. The van der Waals surface area contributed by atoms with E-state index in [9.17, 15) is 26.0 Å². The number of hydrogen-bond acceptors (Lipinski definition) is 4. The number of rotatable bonds is 6. The lowest BCUT2D eigenvalue weighted by atomic mass is 9.85. The first-order valence-electron chi connectivity index (χ1n) is 11.6. The number of anilines is 2. The minimum absolute atomic E-state index is 0.153. The lowest BCUT2D eigenvalue weighted by Crippen LogP contribution is -2.33. The molecule has 1 aliphatic carbocycles. The first-order chi connectivity index (χ1) is 17.3. The second-order valence-electron chi connectivity index (χ2n) is 9.83. The second kappa shape index (κ2) is 8.66. The van der Waals surface area contributed by atoms with Crippen LogP contribution in [0.5, 0.6) is 0 Å². The van der Waals surface area contributed by atoms with Gasteiger partial charge in [0, 0.05) is 47.6 Å². The standard InChI is InChI=1S/C27H25F4N3O2S/c1-16-10-24(33-21-8-6-20(28)7-9-21)18(13-32)12-22(16)26-15-34(37(2,35)36)14-23(26)25(26)17-4-3-5-19(11-17)27(29,30)31/h3-13,23,25,32-33H,14-15H2,1-2H3/t23-,25-,26+/m1/s1. The average molecular weight is 532 g/mol. The summed E-state index contributed by atoms with van der Waals surface area (Å²) in [6, 6.07) is 14.7. The van der Waals surface area contributed by atoms with Crippen LogP contribution in [0.3, 0.4) is 0 Å². The summed E-state index contributed by atoms with van der Waals surface area (Å²) in [6.45, 7) is 2.24. The summed E-state index contributed by atoms with van der Waals surface area (Å²) in [6.07, 6.45) is -2.18. The summed E-state index contributed by atoms with van der Waals surface area (Å²) >= 11 is 0. The van der Waals surface area contributed by atoms with Crippen LogP contribution in [0.15, 0.2) is 60.7 Å². The van der Waals surface area contributed by atoms with E-state index in [2.05, 4.69) is 5.32 Å². The predicted molar refractivity (Wildman–Crippen MR) is 135 cm³/mol. The SMILES string of the molecule is Cc1cc(Nc2ccc(F)cc2)c(C=N)cc1[C@@]12CN(S(C)(=O)=O)C[C@@H]1[C@H]2c1cccc(C(F)(F)F)c1. The van der Waals surface area contributed by atoms with E-state index in [1.165, 1.54) is 28.7 Å². The van der Waals surface area contributed by atoms with Crippen molar-refractivity contribution in [3.8, 4) is 0 Å². The van der Waals surface area contributed by atoms with E-state index >= 15 is 0 Å². The Morgan fingerprint density at radius 1 is 1.11 bits per heavy atom. The maximum absolute atomic E-state index is 13.4. The topological polar surface area (TPSA) is 73.3 Å². The van der Waals surface area contributed by atoms with E-state index in [1.54, 1.807) is 18.2 Å². The van der Waals surface area contributed by atoms with Crippen molar-refractivity contribution >= 4 is 27.6 Å². The molecule has 0 aromatic heterocycles. The quantitative estimate of drug-likeness (QED) is 0.311. The molecule has 5 rings (SSSR count). The fourth-order valence-electron chi connectivity index (χ4n) is 5.86. The number of aryl methyl sites for hydroxylation is 1. The number of hydrogen-bond donors (Lipinski definition) is 2. The van der Waals surface area contributed by atoms with Gasteiger partial charge in [-0.3, -0.25) is 0 Å². The van der Waals surface area contributed by atoms with Crippen LogP contribution in [0.4, 0.5) is 28.9 Å². The van der Waals surface area contributed by atoms with Gasteiger partial charge in [0.2, 0.25) is 10.0 Å². The third kappa shape index (κ3) is 4.42. The summed E-state index contributed by atoms with van der Waals surface area (Å²) in [4.78, 5) is 0. The van der Waals surface area contributed by atoms with Crippen molar-refractivity contribution < 1.29 is 26.0 Å². The Hall–Kier alpha value is -3.24. The molecule has 1 saturated carbocycles. The molecule has 194 valence electrons. The predicted octanol–water partition coefficient (Wildman–Crippen LogP) is 5.82. The van der Waals surface area contributed by atoms with Crippen LogP contribution in [0, 0.1) is 24.1 Å². The number of nitrogens with zero attached hydrogens (tertiary/aromatic N) is 1. The van der Waals surface area contributed by atoms with Gasteiger partial charge < -0.3 is 10.7 Å². The molecule has 0 spiro atoms. The number of benzene rings is 3. The third-order valence-corrected chi connectivity index (χ3v) is 8.78. The smallest absolute Gasteiger partial charge is 0.355 e. The first kappa shape index (κ1) is 25.4. The van der Waals surface area contributed by atoms with Crippen LogP contribution in [-0.2, 0) is 21.6 Å². The highest BCUT2D eigenvalue weighted by Gasteiger charge is 2.71. The second-order valence-corrected chi connectivity index (χ2v) is 11.8. The average Bonchev–Trinajstić information content (AvgIpc) is 3.27. The van der Waals surface area contributed by atoms with E-state index in [4.69, 9.17) is 5.41 Å². The molecule has 1 aliphatic heterocycles. The fourth-order valence-corrected chi connectivity index (χ4v) is 6.74. The van der Waals surface area contributed by atoms with Crippen LogP contribution in [-0.4, -0.2) is 38.3 Å². The van der Waals surface area contributed by atoms with E-state index in [0.717, 1.165) is 29.5 Å². The molecule has 3 atom stereocenters. The Morgan fingerprint density at radius 2 is 1.81 bits per heavy atom. The van der Waals surface area contributed by atoms with E-state index in [0.29, 0.717) is 22.5 Å². The molecule has 0 amide bonds. The lowest BCUT2D eigenvalue weighted by Gasteiger charge is -2.25. The molecule has 5 nitrogen and oxygen atoms in total. The van der Waals surface area contributed by atoms with Gasteiger partial charge in [0.05, 0.1) is 11.8 Å². The summed E-state index contributed by atoms with van der Waals surface area (Å²) < 4.78 is 79.8. The van der Waals surface area contributed by atoms with Gasteiger partial charge in [0.25, 0.3) is 0 Å². The number of fused-ring (bicyclic) bond motifs is 1. The Bertz CT molecular complexity index is 1490. The molecule has 0 bridgehead atoms. The number of alkyl halides is 3. The van der Waals surface area contributed by atoms with Gasteiger partial charge in [0.1, 0.15) is 5.82 Å². The Balaban J connectivity index is 1.58. The van der Waals surface area contributed by atoms with Gasteiger partial charge in [-0.05, 0) is 72.0 Å². The van der Waals surface area contributed by atoms with Gasteiger partial charge in [-0.25, -0.2) is 17.1 Å². The molecule has 1 saturated heterocycles. The molecule has 2 fully saturated rings. The molecule has 10 heteroatoms. The molecule has 2 N–H and O–H groups in total. The fraction of sp³-hybridized carbons (Fsp3) is 0.296. The highest BCUT2D eigenvalue weighted by atomic mass is 32.2. The number of halogens is 4. The third-order valence-electron chi connectivity index (χ3n) is 7.57. The van der Waals surface area contributed by atoms with E-state index in [1.807, 2.05) is 19.1 Å². The van der Waals surface area contributed by atoms with Gasteiger partial charge in [0.15, 0.2) is 0 Å². The summed E-state index contributed by atoms with van der Waals surface area (Å²) in [5.41, 5.74) is 2.50. The minimum Gasteiger partial charge on any atom is -0.355 e. The van der Waals surface area contributed by atoms with Crippen molar-refractivity contribution in [1.82, 2.24) is 4.31 Å². The number of nitrogens with one attached hydrogen (secondary N) is 2. The normalized spacial score (nSPS) is 23.5. The zero-order valence-electron chi connectivity index (χ0n) is 20.1. The summed E-state index contributed by atoms with van der Waals surface area (Å²) in [5.74, 6) is -0.861. The molecular formula is C27H25F4N3O2S. The Kier molecular flexibility index (Phi) is 5.95. The highest BCUT2D eigenvalue weighted by Crippen LogP contribution is 2.70. The van der Waals surface area contributed by atoms with Gasteiger partial charge >= 0.3 is 6.18 Å². The van der Waals surface area contributed by atoms with Crippen LogP contribution in [0.1, 0.15) is 33.7 Å². The van der Waals surface area contributed by atoms with Gasteiger partial charge in [-0.1, -0.05) is 18.2 Å². The molecule has 1 heterocycles. The van der Waals surface area contributed by atoms with Crippen molar-refractivity contribution in [2.45, 2.75) is 24.4 Å². The first-order valence-corrected chi connectivity index (χ1v) is 13.5. The van der Waals surface area contributed by atoms with Crippen LogP contribution < -0.4 is 5.32 Å². The van der Waals surface area contributed by atoms with Gasteiger partial charge in [-0.2, -0.15) is 13.2 Å². The van der Waals surface area contributed by atoms with Crippen LogP contribution in [0.25, 0.3) is 0 Å².